The number of phenols is 1. The first-order chi connectivity index (χ1) is 10.1. The minimum absolute atomic E-state index is 0. The number of aromatic hydroxyl groups is 1. The number of phenolic OH excluding ortho intramolecular Hbond substituents is 1. The molecule has 1 aromatic rings. The number of piperazine rings is 1. The molecule has 0 unspecified atom stereocenters. The van der Waals surface area contributed by atoms with E-state index in [1.807, 2.05) is 12.1 Å². The number of hydrogen-bond acceptors (Lipinski definition) is 5. The fourth-order valence-corrected chi connectivity index (χ4v) is 2.63. The van der Waals surface area contributed by atoms with Gasteiger partial charge in [-0.2, -0.15) is 0 Å². The van der Waals surface area contributed by atoms with Crippen molar-refractivity contribution in [2.24, 2.45) is 0 Å². The number of benzene rings is 1. The Hall–Kier alpha value is -1.27. The van der Waals surface area contributed by atoms with Crippen LogP contribution in [0.2, 0.25) is 0 Å². The fraction of sp³-hybridized carbons (Fsp3) is 0.438. The van der Waals surface area contributed by atoms with E-state index in [0.29, 0.717) is 0 Å². The minimum atomic E-state index is -0.442. The third-order valence-corrected chi connectivity index (χ3v) is 3.60. The highest BCUT2D eigenvalue weighted by Gasteiger charge is 2.22. The average Bonchev–Trinajstić information content (AvgIpc) is 2.47. The predicted octanol–water partition coefficient (Wildman–Crippen LogP) is 2.68. The summed E-state index contributed by atoms with van der Waals surface area (Å²) < 4.78 is 4.95. The third kappa shape index (κ3) is 6.03. The Balaban J connectivity index is 0.00000242. The van der Waals surface area contributed by atoms with Crippen LogP contribution in [0.4, 0.5) is 0 Å². The van der Waals surface area contributed by atoms with E-state index in [2.05, 4.69) is 16.8 Å². The van der Waals surface area contributed by atoms with Crippen molar-refractivity contribution >= 4 is 30.8 Å². The average molecular weight is 363 g/mol. The van der Waals surface area contributed by atoms with Crippen molar-refractivity contribution in [3.05, 3.63) is 36.4 Å². The van der Waals surface area contributed by atoms with Crippen LogP contribution < -0.4 is 10.1 Å². The lowest BCUT2D eigenvalue weighted by Gasteiger charge is -2.34. The van der Waals surface area contributed by atoms with E-state index < -0.39 is 5.97 Å². The van der Waals surface area contributed by atoms with E-state index in [0.717, 1.165) is 38.2 Å². The molecule has 130 valence electrons. The molecule has 1 aliphatic heterocycles. The quantitative estimate of drug-likeness (QED) is 0.479. The van der Waals surface area contributed by atoms with Gasteiger partial charge in [-0.15, -0.1) is 31.4 Å². The van der Waals surface area contributed by atoms with Crippen LogP contribution in [0.15, 0.2) is 30.9 Å². The summed E-state index contributed by atoms with van der Waals surface area (Å²) in [7, 11) is 0. The van der Waals surface area contributed by atoms with Crippen molar-refractivity contribution in [3.63, 3.8) is 0 Å². The largest absolute Gasteiger partial charge is 0.504 e. The van der Waals surface area contributed by atoms with Crippen LogP contribution in [-0.2, 0) is 4.79 Å². The van der Waals surface area contributed by atoms with Gasteiger partial charge in [-0.1, -0.05) is 12.1 Å². The summed E-state index contributed by atoms with van der Waals surface area (Å²) >= 11 is 0. The molecule has 0 bridgehead atoms. The van der Waals surface area contributed by atoms with Gasteiger partial charge in [0, 0.05) is 39.1 Å². The van der Waals surface area contributed by atoms with Crippen molar-refractivity contribution in [3.8, 4) is 11.5 Å². The highest BCUT2D eigenvalue weighted by atomic mass is 35.5. The molecule has 1 heterocycles. The topological polar surface area (TPSA) is 61.8 Å². The molecule has 0 aromatic heterocycles. The Kier molecular flexibility index (Phi) is 9.91. The standard InChI is InChI=1S/C16H22N2O3.2ClH/c1-3-4-14(18-9-7-17-8-10-18)13-5-6-16(15(20)11-13)21-12(2)19;;/h3,5-6,11,14,17,20H,1,4,7-10H2,2H3;2*1H/t14-;;/m1../s1. The van der Waals surface area contributed by atoms with Crippen molar-refractivity contribution < 1.29 is 14.6 Å². The van der Waals surface area contributed by atoms with Gasteiger partial charge in [-0.05, 0) is 24.1 Å². The SMILES string of the molecule is C=CC[C@H](c1ccc(OC(C)=O)c(O)c1)N1CCNCC1.Cl.Cl. The second kappa shape index (κ2) is 10.5. The van der Waals surface area contributed by atoms with Crippen LogP contribution in [0.3, 0.4) is 0 Å². The minimum Gasteiger partial charge on any atom is -0.504 e. The molecule has 1 atom stereocenters. The summed E-state index contributed by atoms with van der Waals surface area (Å²) in [5.74, 6) is -0.251. The van der Waals surface area contributed by atoms with Gasteiger partial charge in [0.2, 0.25) is 0 Å². The highest BCUT2D eigenvalue weighted by Crippen LogP contribution is 2.33. The van der Waals surface area contributed by atoms with Crippen molar-refractivity contribution in [2.75, 3.05) is 26.2 Å². The summed E-state index contributed by atoms with van der Waals surface area (Å²) in [5.41, 5.74) is 1.00. The Morgan fingerprint density at radius 3 is 2.61 bits per heavy atom. The van der Waals surface area contributed by atoms with Gasteiger partial charge < -0.3 is 15.2 Å². The van der Waals surface area contributed by atoms with Crippen LogP contribution in [0.5, 0.6) is 11.5 Å². The van der Waals surface area contributed by atoms with E-state index in [4.69, 9.17) is 4.74 Å². The first kappa shape index (κ1) is 21.7. The van der Waals surface area contributed by atoms with Crippen LogP contribution in [0, 0.1) is 0 Å². The second-order valence-electron chi connectivity index (χ2n) is 5.15. The molecule has 1 aromatic carbocycles. The maximum Gasteiger partial charge on any atom is 0.308 e. The highest BCUT2D eigenvalue weighted by molar-refractivity contribution is 5.85. The molecule has 0 saturated carbocycles. The molecular weight excluding hydrogens is 339 g/mol. The molecule has 1 fully saturated rings. The number of nitrogens with one attached hydrogen (secondary N) is 1. The van der Waals surface area contributed by atoms with Gasteiger partial charge in [-0.3, -0.25) is 9.69 Å². The molecule has 23 heavy (non-hydrogen) atoms. The molecule has 7 heteroatoms. The predicted molar refractivity (Wildman–Crippen MR) is 95.9 cm³/mol. The molecular formula is C16H24Cl2N2O3. The maximum atomic E-state index is 11.0. The zero-order chi connectivity index (χ0) is 15.2. The lowest BCUT2D eigenvalue weighted by atomic mass is 10.0. The summed E-state index contributed by atoms with van der Waals surface area (Å²) in [4.78, 5) is 13.3. The zero-order valence-electron chi connectivity index (χ0n) is 13.2. The van der Waals surface area contributed by atoms with Gasteiger partial charge in [-0.25, -0.2) is 0 Å². The van der Waals surface area contributed by atoms with Crippen LogP contribution >= 0.6 is 24.8 Å². The summed E-state index contributed by atoms with van der Waals surface area (Å²) in [6.07, 6.45) is 2.70. The second-order valence-corrected chi connectivity index (χ2v) is 5.15. The van der Waals surface area contributed by atoms with E-state index in [-0.39, 0.29) is 42.4 Å². The molecule has 1 aliphatic rings. The number of hydrogen-bond donors (Lipinski definition) is 2. The molecule has 2 rings (SSSR count). The number of ether oxygens (including phenoxy) is 1. The molecule has 0 spiro atoms. The van der Waals surface area contributed by atoms with E-state index in [1.54, 1.807) is 12.1 Å². The molecule has 5 nitrogen and oxygen atoms in total. The van der Waals surface area contributed by atoms with E-state index in [1.165, 1.54) is 6.92 Å². The van der Waals surface area contributed by atoms with Gasteiger partial charge in [0.1, 0.15) is 0 Å². The first-order valence-corrected chi connectivity index (χ1v) is 7.19. The van der Waals surface area contributed by atoms with Gasteiger partial charge in [0.05, 0.1) is 0 Å². The van der Waals surface area contributed by atoms with Gasteiger partial charge >= 0.3 is 5.97 Å². The summed E-state index contributed by atoms with van der Waals surface area (Å²) in [6, 6.07) is 5.40. The fourth-order valence-electron chi connectivity index (χ4n) is 2.63. The molecule has 0 radical (unpaired) electrons. The Labute approximate surface area is 149 Å². The summed E-state index contributed by atoms with van der Waals surface area (Å²) in [5, 5.41) is 13.4. The zero-order valence-corrected chi connectivity index (χ0v) is 14.8. The van der Waals surface area contributed by atoms with Crippen molar-refractivity contribution in [1.29, 1.82) is 0 Å². The number of rotatable bonds is 5. The molecule has 2 N–H and O–H groups in total. The first-order valence-electron chi connectivity index (χ1n) is 7.19. The Morgan fingerprint density at radius 2 is 2.09 bits per heavy atom. The van der Waals surface area contributed by atoms with Gasteiger partial charge in [0.25, 0.3) is 0 Å². The molecule has 0 aliphatic carbocycles. The van der Waals surface area contributed by atoms with Gasteiger partial charge in [0.15, 0.2) is 11.5 Å². The molecule has 0 amide bonds. The Bertz CT molecular complexity index is 520. The monoisotopic (exact) mass is 362 g/mol. The van der Waals surface area contributed by atoms with Crippen LogP contribution in [0.1, 0.15) is 24.9 Å². The maximum absolute atomic E-state index is 11.0. The number of esters is 1. The smallest absolute Gasteiger partial charge is 0.308 e. The normalized spacial score (nSPS) is 15.7. The number of halogens is 2. The van der Waals surface area contributed by atoms with Crippen LogP contribution in [0.25, 0.3) is 0 Å². The lowest BCUT2D eigenvalue weighted by molar-refractivity contribution is -0.132. The number of carbonyl (C=O) groups excluding carboxylic acids is 1. The number of carbonyl (C=O) groups is 1. The van der Waals surface area contributed by atoms with Crippen molar-refractivity contribution in [2.45, 2.75) is 19.4 Å². The molecule has 1 saturated heterocycles. The third-order valence-electron chi connectivity index (χ3n) is 3.60. The summed E-state index contributed by atoms with van der Waals surface area (Å²) in [6.45, 7) is 8.99. The van der Waals surface area contributed by atoms with Crippen molar-refractivity contribution in [1.82, 2.24) is 10.2 Å². The van der Waals surface area contributed by atoms with E-state index >= 15 is 0 Å². The Morgan fingerprint density at radius 1 is 1.43 bits per heavy atom. The van der Waals surface area contributed by atoms with Crippen LogP contribution in [-0.4, -0.2) is 42.2 Å². The number of nitrogens with zero attached hydrogens (tertiary/aromatic N) is 1. The van der Waals surface area contributed by atoms with E-state index in [9.17, 15) is 9.90 Å². The lowest BCUT2D eigenvalue weighted by Crippen LogP contribution is -2.45.